The highest BCUT2D eigenvalue weighted by atomic mass is 19.3. The Labute approximate surface area is 105 Å². The Bertz CT molecular complexity index is 379. The number of alkyl halides is 2. The van der Waals surface area contributed by atoms with Crippen molar-refractivity contribution in [2.24, 2.45) is 5.92 Å². The van der Waals surface area contributed by atoms with E-state index < -0.39 is 12.0 Å². The summed E-state index contributed by atoms with van der Waals surface area (Å²) < 4.78 is 38.7. The van der Waals surface area contributed by atoms with E-state index in [1.54, 1.807) is 12.1 Å². The van der Waals surface area contributed by atoms with Crippen LogP contribution in [0.4, 0.5) is 13.2 Å². The Hall–Kier alpha value is -1.03. The van der Waals surface area contributed by atoms with Crippen molar-refractivity contribution in [1.29, 1.82) is 0 Å². The first kappa shape index (κ1) is 13.4. The fourth-order valence-electron chi connectivity index (χ4n) is 2.48. The van der Waals surface area contributed by atoms with E-state index in [2.05, 4.69) is 0 Å². The molecule has 1 aliphatic rings. The normalized spacial score (nSPS) is 21.8. The molecule has 0 amide bonds. The summed E-state index contributed by atoms with van der Waals surface area (Å²) in [5.41, 5.74) is 0.834. The molecule has 1 atom stereocenters. The van der Waals surface area contributed by atoms with Gasteiger partial charge in [0.15, 0.2) is 0 Å². The molecule has 1 nitrogen and oxygen atoms in total. The number of halogens is 3. The van der Waals surface area contributed by atoms with Crippen molar-refractivity contribution in [3.8, 4) is 0 Å². The lowest BCUT2D eigenvalue weighted by atomic mass is 9.81. The molecule has 0 aromatic heterocycles. The second kappa shape index (κ2) is 5.31. The first-order valence-electron chi connectivity index (χ1n) is 6.27. The zero-order valence-electron chi connectivity index (χ0n) is 10.1. The van der Waals surface area contributed by atoms with E-state index in [0.717, 1.165) is 5.56 Å². The average molecular weight is 258 g/mol. The summed E-state index contributed by atoms with van der Waals surface area (Å²) in [6, 6.07) is 5.93. The third-order valence-electron chi connectivity index (χ3n) is 3.66. The van der Waals surface area contributed by atoms with Crippen LogP contribution in [-0.4, -0.2) is 17.1 Å². The van der Waals surface area contributed by atoms with Crippen LogP contribution in [0.25, 0.3) is 0 Å². The van der Waals surface area contributed by atoms with Crippen molar-refractivity contribution in [2.75, 3.05) is 0 Å². The van der Waals surface area contributed by atoms with Gasteiger partial charge in [-0.05, 0) is 42.9 Å². The lowest BCUT2D eigenvalue weighted by molar-refractivity contribution is -0.0619. The Kier molecular flexibility index (Phi) is 3.95. The predicted molar refractivity (Wildman–Crippen MR) is 63.0 cm³/mol. The highest BCUT2D eigenvalue weighted by molar-refractivity contribution is 5.17. The molecular weight excluding hydrogens is 241 g/mol. The first-order valence-corrected chi connectivity index (χ1v) is 6.27. The van der Waals surface area contributed by atoms with Gasteiger partial charge in [0.25, 0.3) is 0 Å². The maximum Gasteiger partial charge on any atom is 0.248 e. The van der Waals surface area contributed by atoms with Gasteiger partial charge in [-0.2, -0.15) is 0 Å². The van der Waals surface area contributed by atoms with Crippen molar-refractivity contribution >= 4 is 0 Å². The van der Waals surface area contributed by atoms with E-state index in [1.165, 1.54) is 12.1 Å². The van der Waals surface area contributed by atoms with Crippen molar-refractivity contribution in [2.45, 2.75) is 44.1 Å². The second-order valence-electron chi connectivity index (χ2n) is 5.09. The highest BCUT2D eigenvalue weighted by Gasteiger charge is 2.37. The largest absolute Gasteiger partial charge is 0.392 e. The molecular formula is C14H17F3O. The van der Waals surface area contributed by atoms with Gasteiger partial charge in [-0.1, -0.05) is 12.1 Å². The monoisotopic (exact) mass is 258 g/mol. The summed E-state index contributed by atoms with van der Waals surface area (Å²) in [5, 5.41) is 10.0. The molecule has 100 valence electrons. The van der Waals surface area contributed by atoms with E-state index >= 15 is 0 Å². The minimum Gasteiger partial charge on any atom is -0.392 e. The molecule has 0 saturated heterocycles. The molecule has 1 aliphatic carbocycles. The summed E-state index contributed by atoms with van der Waals surface area (Å²) in [4.78, 5) is 0. The third-order valence-corrected chi connectivity index (χ3v) is 3.66. The maximum absolute atomic E-state index is 13.0. The number of rotatable bonds is 3. The molecule has 0 aliphatic heterocycles. The zero-order valence-corrected chi connectivity index (χ0v) is 10.1. The quantitative estimate of drug-likeness (QED) is 0.879. The molecule has 4 heteroatoms. The topological polar surface area (TPSA) is 20.2 Å². The van der Waals surface area contributed by atoms with Crippen molar-refractivity contribution in [3.63, 3.8) is 0 Å². The Balaban J connectivity index is 1.89. The summed E-state index contributed by atoms with van der Waals surface area (Å²) in [7, 11) is 0. The van der Waals surface area contributed by atoms with Gasteiger partial charge >= 0.3 is 0 Å². The molecule has 0 spiro atoms. The minimum atomic E-state index is -2.56. The molecule has 1 aromatic rings. The highest BCUT2D eigenvalue weighted by Crippen LogP contribution is 2.37. The van der Waals surface area contributed by atoms with Crippen molar-refractivity contribution < 1.29 is 18.3 Å². The van der Waals surface area contributed by atoms with E-state index in [-0.39, 0.29) is 24.6 Å². The van der Waals surface area contributed by atoms with Gasteiger partial charge in [0, 0.05) is 12.8 Å². The Morgan fingerprint density at radius 2 is 1.72 bits per heavy atom. The first-order chi connectivity index (χ1) is 8.46. The van der Waals surface area contributed by atoms with Crippen molar-refractivity contribution in [1.82, 2.24) is 0 Å². The van der Waals surface area contributed by atoms with Gasteiger partial charge in [-0.25, -0.2) is 13.2 Å². The number of hydrogen-bond donors (Lipinski definition) is 1. The van der Waals surface area contributed by atoms with Crippen LogP contribution in [0.1, 0.15) is 31.2 Å². The SMILES string of the molecule is OC(Cc1ccc(F)cc1)C1CCC(F)(F)CC1. The smallest absolute Gasteiger partial charge is 0.248 e. The van der Waals surface area contributed by atoms with E-state index in [0.29, 0.717) is 19.3 Å². The lowest BCUT2D eigenvalue weighted by Gasteiger charge is -2.31. The fourth-order valence-corrected chi connectivity index (χ4v) is 2.48. The Morgan fingerprint density at radius 3 is 2.28 bits per heavy atom. The molecule has 0 radical (unpaired) electrons. The number of aliphatic hydroxyl groups is 1. The summed E-state index contributed by atoms with van der Waals surface area (Å²) in [6.07, 6.45) is 0.212. The lowest BCUT2D eigenvalue weighted by Crippen LogP contribution is -2.32. The molecule has 2 rings (SSSR count). The molecule has 1 fully saturated rings. The van der Waals surface area contributed by atoms with Gasteiger partial charge in [0.1, 0.15) is 5.82 Å². The summed E-state index contributed by atoms with van der Waals surface area (Å²) in [6.45, 7) is 0. The van der Waals surface area contributed by atoms with Gasteiger partial charge in [-0.15, -0.1) is 0 Å². The molecule has 1 N–H and O–H groups in total. The van der Waals surface area contributed by atoms with Gasteiger partial charge in [0.2, 0.25) is 5.92 Å². The Morgan fingerprint density at radius 1 is 1.17 bits per heavy atom. The number of aliphatic hydroxyl groups excluding tert-OH is 1. The molecule has 0 heterocycles. The van der Waals surface area contributed by atoms with Crippen LogP contribution in [0.15, 0.2) is 24.3 Å². The van der Waals surface area contributed by atoms with E-state index in [9.17, 15) is 18.3 Å². The molecule has 1 aromatic carbocycles. The van der Waals surface area contributed by atoms with Gasteiger partial charge in [-0.3, -0.25) is 0 Å². The second-order valence-corrected chi connectivity index (χ2v) is 5.09. The number of hydrogen-bond acceptors (Lipinski definition) is 1. The van der Waals surface area contributed by atoms with Crippen LogP contribution >= 0.6 is 0 Å². The molecule has 1 unspecified atom stereocenters. The van der Waals surface area contributed by atoms with E-state index in [1.807, 2.05) is 0 Å². The van der Waals surface area contributed by atoms with Crippen LogP contribution in [0, 0.1) is 11.7 Å². The standard InChI is InChI=1S/C14H17F3O/c15-12-3-1-10(2-4-12)9-13(18)11-5-7-14(16,17)8-6-11/h1-4,11,13,18H,5-9H2. The molecule has 1 saturated carbocycles. The predicted octanol–water partition coefficient (Wildman–Crippen LogP) is 3.55. The summed E-state index contributed by atoms with van der Waals surface area (Å²) in [5.74, 6) is -2.95. The van der Waals surface area contributed by atoms with Gasteiger partial charge < -0.3 is 5.11 Å². The van der Waals surface area contributed by atoms with Gasteiger partial charge in [0.05, 0.1) is 6.10 Å². The third kappa shape index (κ3) is 3.48. The molecule has 0 bridgehead atoms. The van der Waals surface area contributed by atoms with Crippen LogP contribution < -0.4 is 0 Å². The fraction of sp³-hybridized carbons (Fsp3) is 0.571. The van der Waals surface area contributed by atoms with Crippen LogP contribution in [0.2, 0.25) is 0 Å². The molecule has 18 heavy (non-hydrogen) atoms. The average Bonchev–Trinajstić information content (AvgIpc) is 2.32. The number of benzene rings is 1. The van der Waals surface area contributed by atoms with Crippen LogP contribution in [-0.2, 0) is 6.42 Å². The maximum atomic E-state index is 13.0. The minimum absolute atomic E-state index is 0.0744. The summed E-state index contributed by atoms with van der Waals surface area (Å²) >= 11 is 0. The van der Waals surface area contributed by atoms with Crippen LogP contribution in [0.5, 0.6) is 0 Å². The van der Waals surface area contributed by atoms with Crippen molar-refractivity contribution in [3.05, 3.63) is 35.6 Å². The van der Waals surface area contributed by atoms with E-state index in [4.69, 9.17) is 0 Å². The van der Waals surface area contributed by atoms with Crippen LogP contribution in [0.3, 0.4) is 0 Å². The zero-order chi connectivity index (χ0) is 13.2.